The van der Waals surface area contributed by atoms with Gasteiger partial charge >= 0.3 is 0 Å². The van der Waals surface area contributed by atoms with E-state index in [0.29, 0.717) is 0 Å². The van der Waals surface area contributed by atoms with Crippen molar-refractivity contribution in [1.29, 1.82) is 0 Å². The molecular formula is C25H37ArO. The largest absolute Gasteiger partial charge is 0.493 e. The summed E-state index contributed by atoms with van der Waals surface area (Å²) in [7, 11) is 0. The summed E-state index contributed by atoms with van der Waals surface area (Å²) in [6, 6.07) is 14.8. The molecule has 1 aliphatic rings. The zero-order chi connectivity index (χ0) is 19.9. The first-order valence-electron chi connectivity index (χ1n) is 9.82. The Morgan fingerprint density at radius 2 is 1.15 bits per heavy atom. The third-order valence-corrected chi connectivity index (χ3v) is 3.60. The van der Waals surface area contributed by atoms with Crippen molar-refractivity contribution in [2.24, 2.45) is 0 Å². The summed E-state index contributed by atoms with van der Waals surface area (Å²) < 4.78 is 5.68. The normalized spacial score (nSPS) is 10.3. The van der Waals surface area contributed by atoms with Gasteiger partial charge in [0.2, 0.25) is 0 Å². The maximum absolute atomic E-state index is 5.68. The standard InChI is InChI=1S/C13H15O.C8H10.2C2H6.Ar/c1-10-3-6-13(11(2)9-10)14-8-7-12-4-5-12;1-7-3-5-8(2)6-4-7;2*1-2;/h3-6,9H,7-8H2,1-2H3;3-6H,1-2H3;2*1-2H3;. The van der Waals surface area contributed by atoms with Crippen molar-refractivity contribution in [3.05, 3.63) is 82.8 Å². The topological polar surface area (TPSA) is 9.23 Å². The average molecular weight is 394 g/mol. The van der Waals surface area contributed by atoms with E-state index in [9.17, 15) is 0 Å². The molecule has 3 rings (SSSR count). The van der Waals surface area contributed by atoms with Crippen LogP contribution < -0.4 is 4.74 Å². The molecule has 2 aromatic carbocycles. The first-order valence-corrected chi connectivity index (χ1v) is 9.82. The Hall–Kier alpha value is -0.760. The molecule has 0 saturated heterocycles. The fourth-order valence-corrected chi connectivity index (χ4v) is 2.10. The van der Waals surface area contributed by atoms with Gasteiger partial charge in [0.1, 0.15) is 5.75 Å². The van der Waals surface area contributed by atoms with Crippen LogP contribution in [0.3, 0.4) is 0 Å². The molecule has 1 aliphatic carbocycles. The number of benzene rings is 2. The Morgan fingerprint density at radius 1 is 0.704 bits per heavy atom. The fourth-order valence-electron chi connectivity index (χ4n) is 2.10. The SMILES string of the molecule is CC.CC.Cc1ccc(C)cc1.Cc1ccc(OCCC2=C[CH]2)c(C)c1.[Ar]. The van der Waals surface area contributed by atoms with Crippen LogP contribution in [0.5, 0.6) is 5.75 Å². The average Bonchev–Trinajstić information content (AvgIpc) is 3.48. The van der Waals surface area contributed by atoms with Gasteiger partial charge in [0.05, 0.1) is 6.61 Å². The van der Waals surface area contributed by atoms with Gasteiger partial charge in [0, 0.05) is 50.6 Å². The number of rotatable bonds is 4. The molecule has 0 saturated carbocycles. The van der Waals surface area contributed by atoms with Crippen molar-refractivity contribution in [1.82, 2.24) is 0 Å². The Morgan fingerprint density at radius 3 is 1.56 bits per heavy atom. The number of hydrogen-bond donors (Lipinski definition) is 0. The quantitative estimate of drug-likeness (QED) is 0.520. The first kappa shape index (κ1) is 28.4. The van der Waals surface area contributed by atoms with Crippen molar-refractivity contribution >= 4 is 0 Å². The molecule has 0 aromatic heterocycles. The zero-order valence-electron chi connectivity index (χ0n) is 18.4. The number of ether oxygens (including phenoxy) is 1. The van der Waals surface area contributed by atoms with E-state index in [1.54, 1.807) is 0 Å². The van der Waals surface area contributed by atoms with Crippen molar-refractivity contribution in [3.63, 3.8) is 0 Å². The molecule has 27 heavy (non-hydrogen) atoms. The van der Waals surface area contributed by atoms with E-state index in [0.717, 1.165) is 18.8 Å². The Labute approximate surface area is 198 Å². The van der Waals surface area contributed by atoms with Gasteiger partial charge < -0.3 is 4.74 Å². The Bertz CT molecular complexity index is 621. The monoisotopic (exact) mass is 393 g/mol. The molecule has 0 unspecified atom stereocenters. The Kier molecular flexibility index (Phi) is 18.3. The van der Waals surface area contributed by atoms with Crippen LogP contribution in [0, 0.1) is 71.9 Å². The van der Waals surface area contributed by atoms with Crippen LogP contribution in [-0.2, 0) is 0 Å². The summed E-state index contributed by atoms with van der Waals surface area (Å²) in [5, 5.41) is 0. The summed E-state index contributed by atoms with van der Waals surface area (Å²) in [5.74, 6) is 1.01. The molecule has 0 fully saturated rings. The van der Waals surface area contributed by atoms with E-state index in [4.69, 9.17) is 4.74 Å². The van der Waals surface area contributed by atoms with Crippen LogP contribution >= 0.6 is 0 Å². The van der Waals surface area contributed by atoms with Gasteiger partial charge in [-0.05, 0) is 39.3 Å². The van der Waals surface area contributed by atoms with Crippen LogP contribution in [0.15, 0.2) is 54.1 Å². The van der Waals surface area contributed by atoms with Crippen LogP contribution in [0.25, 0.3) is 0 Å². The van der Waals surface area contributed by atoms with E-state index >= 15 is 0 Å². The molecule has 1 radical (unpaired) electrons. The van der Waals surface area contributed by atoms with E-state index in [-0.39, 0.29) is 37.7 Å². The summed E-state index contributed by atoms with van der Waals surface area (Å²) in [5.41, 5.74) is 6.58. The van der Waals surface area contributed by atoms with Gasteiger partial charge in [-0.15, -0.1) is 0 Å². The van der Waals surface area contributed by atoms with Gasteiger partial charge in [0.15, 0.2) is 0 Å². The molecule has 151 valence electrons. The zero-order valence-corrected chi connectivity index (χ0v) is 19.1. The van der Waals surface area contributed by atoms with Crippen molar-refractivity contribution in [2.45, 2.75) is 61.8 Å². The second kappa shape index (κ2) is 17.3. The molecular weight excluding hydrogens is 356 g/mol. The second-order valence-corrected chi connectivity index (χ2v) is 5.93. The van der Waals surface area contributed by atoms with Gasteiger partial charge in [-0.1, -0.05) is 92.4 Å². The van der Waals surface area contributed by atoms with Crippen molar-refractivity contribution in [2.75, 3.05) is 6.61 Å². The van der Waals surface area contributed by atoms with E-state index in [2.05, 4.69) is 82.7 Å². The smallest absolute Gasteiger partial charge is 0.122 e. The summed E-state index contributed by atoms with van der Waals surface area (Å²) in [6.45, 7) is 17.2. The van der Waals surface area contributed by atoms with Crippen molar-refractivity contribution in [3.8, 4) is 5.75 Å². The van der Waals surface area contributed by atoms with Gasteiger partial charge in [-0.25, -0.2) is 0 Å². The van der Waals surface area contributed by atoms with Gasteiger partial charge in [-0.3, -0.25) is 0 Å². The van der Waals surface area contributed by atoms with Crippen LogP contribution in [-0.4, -0.2) is 6.61 Å². The summed E-state index contributed by atoms with van der Waals surface area (Å²) in [6.07, 6.45) is 5.30. The van der Waals surface area contributed by atoms with Crippen LogP contribution in [0.1, 0.15) is 56.4 Å². The second-order valence-electron chi connectivity index (χ2n) is 5.93. The predicted molar refractivity (Wildman–Crippen MR) is 117 cm³/mol. The molecule has 2 heteroatoms. The summed E-state index contributed by atoms with van der Waals surface area (Å²) >= 11 is 0. The third kappa shape index (κ3) is 14.0. The molecule has 2 aromatic rings. The number of allylic oxidation sites excluding steroid dienone is 1. The molecule has 0 heterocycles. The van der Waals surface area contributed by atoms with Crippen LogP contribution in [0.4, 0.5) is 0 Å². The molecule has 0 aliphatic heterocycles. The third-order valence-electron chi connectivity index (χ3n) is 3.60. The Balaban J connectivity index is 0. The molecule has 0 amide bonds. The minimum Gasteiger partial charge on any atom is -0.493 e. The van der Waals surface area contributed by atoms with E-state index in [1.807, 2.05) is 27.7 Å². The number of aryl methyl sites for hydroxylation is 4. The molecule has 0 bridgehead atoms. The van der Waals surface area contributed by atoms with Gasteiger partial charge in [-0.2, -0.15) is 0 Å². The van der Waals surface area contributed by atoms with E-state index < -0.39 is 0 Å². The molecule has 1 nitrogen and oxygen atoms in total. The minimum atomic E-state index is 0. The number of hydrogen-bond acceptors (Lipinski definition) is 1. The van der Waals surface area contributed by atoms with Crippen LogP contribution in [0.2, 0.25) is 0 Å². The van der Waals surface area contributed by atoms with E-state index in [1.165, 1.54) is 27.8 Å². The maximum Gasteiger partial charge on any atom is 0.122 e. The molecule has 0 atom stereocenters. The van der Waals surface area contributed by atoms with Crippen molar-refractivity contribution < 1.29 is 42.5 Å². The maximum atomic E-state index is 5.68. The summed E-state index contributed by atoms with van der Waals surface area (Å²) in [4.78, 5) is 0. The first-order chi connectivity index (χ1) is 12.5. The predicted octanol–water partition coefficient (Wildman–Crippen LogP) is 7.57. The van der Waals surface area contributed by atoms with Gasteiger partial charge in [0.25, 0.3) is 0 Å². The molecule has 0 N–H and O–H groups in total. The fraction of sp³-hybridized carbons (Fsp3) is 0.400. The minimum absolute atomic E-state index is 0. The molecule has 0 spiro atoms.